The van der Waals surface area contributed by atoms with E-state index in [0.717, 1.165) is 25.1 Å². The van der Waals surface area contributed by atoms with Crippen LogP contribution in [0.25, 0.3) is 5.57 Å². The molecule has 2 N–H and O–H groups in total. The van der Waals surface area contributed by atoms with Crippen molar-refractivity contribution in [2.24, 2.45) is 11.7 Å². The molecule has 0 heterocycles. The summed E-state index contributed by atoms with van der Waals surface area (Å²) < 4.78 is 5.17. The first kappa shape index (κ1) is 13.8. The van der Waals surface area contributed by atoms with Crippen LogP contribution < -0.4 is 10.5 Å². The molecule has 2 heteroatoms. The molecule has 2 nitrogen and oxygen atoms in total. The summed E-state index contributed by atoms with van der Waals surface area (Å²) in [6.07, 6.45) is 4.40. The number of nitrogens with two attached hydrogens (primary N) is 1. The quantitative estimate of drug-likeness (QED) is 0.763. The zero-order valence-corrected chi connectivity index (χ0v) is 11.1. The van der Waals surface area contributed by atoms with E-state index < -0.39 is 0 Å². The smallest absolute Gasteiger partial charge is 0.118 e. The third-order valence-corrected chi connectivity index (χ3v) is 2.82. The maximum atomic E-state index is 5.52. The summed E-state index contributed by atoms with van der Waals surface area (Å²) in [6.45, 7) is 5.20. The molecule has 0 fully saturated rings. The Morgan fingerprint density at radius 1 is 1.29 bits per heavy atom. The molecule has 0 spiro atoms. The Morgan fingerprint density at radius 2 is 1.94 bits per heavy atom. The van der Waals surface area contributed by atoms with Crippen molar-refractivity contribution in [1.82, 2.24) is 0 Å². The van der Waals surface area contributed by atoms with Crippen LogP contribution in [-0.2, 0) is 0 Å². The SMILES string of the molecule is COc1ccc(/C(=C/CCCN)C(C)C)cc1. The van der Waals surface area contributed by atoms with Crippen molar-refractivity contribution in [3.63, 3.8) is 0 Å². The fraction of sp³-hybridized carbons (Fsp3) is 0.467. The Hall–Kier alpha value is -1.28. The molecule has 1 aromatic rings. The number of rotatable bonds is 6. The fourth-order valence-electron chi connectivity index (χ4n) is 1.85. The van der Waals surface area contributed by atoms with Gasteiger partial charge in [-0.15, -0.1) is 0 Å². The number of ether oxygens (including phenoxy) is 1. The zero-order valence-electron chi connectivity index (χ0n) is 11.1. The second kappa shape index (κ2) is 7.13. The van der Waals surface area contributed by atoms with Crippen molar-refractivity contribution >= 4 is 5.57 Å². The second-order valence-electron chi connectivity index (χ2n) is 4.47. The van der Waals surface area contributed by atoms with E-state index >= 15 is 0 Å². The molecule has 0 amide bonds. The number of unbranched alkanes of at least 4 members (excludes halogenated alkanes) is 1. The minimum Gasteiger partial charge on any atom is -0.497 e. The van der Waals surface area contributed by atoms with Crippen LogP contribution >= 0.6 is 0 Å². The van der Waals surface area contributed by atoms with Gasteiger partial charge in [0.25, 0.3) is 0 Å². The van der Waals surface area contributed by atoms with Gasteiger partial charge < -0.3 is 10.5 Å². The number of hydrogen-bond acceptors (Lipinski definition) is 2. The third kappa shape index (κ3) is 4.23. The molecular weight excluding hydrogens is 210 g/mol. The monoisotopic (exact) mass is 233 g/mol. The molecule has 0 aliphatic heterocycles. The van der Waals surface area contributed by atoms with Gasteiger partial charge in [0.05, 0.1) is 7.11 Å². The maximum absolute atomic E-state index is 5.52. The molecule has 0 radical (unpaired) electrons. The number of allylic oxidation sites excluding steroid dienone is 2. The highest BCUT2D eigenvalue weighted by Gasteiger charge is 2.06. The van der Waals surface area contributed by atoms with Crippen LogP contribution in [-0.4, -0.2) is 13.7 Å². The predicted molar refractivity (Wildman–Crippen MR) is 74.1 cm³/mol. The summed E-state index contributed by atoms with van der Waals surface area (Å²) in [5.41, 5.74) is 8.19. The highest BCUT2D eigenvalue weighted by molar-refractivity contribution is 5.67. The summed E-state index contributed by atoms with van der Waals surface area (Å²) in [5.74, 6) is 1.43. The Labute approximate surface area is 104 Å². The number of methoxy groups -OCH3 is 1. The third-order valence-electron chi connectivity index (χ3n) is 2.82. The molecule has 0 aromatic heterocycles. The summed E-state index contributed by atoms with van der Waals surface area (Å²) in [6, 6.07) is 8.25. The first-order valence-corrected chi connectivity index (χ1v) is 6.23. The average Bonchev–Trinajstić information content (AvgIpc) is 2.34. The highest BCUT2D eigenvalue weighted by atomic mass is 16.5. The minimum absolute atomic E-state index is 0.529. The molecule has 0 saturated heterocycles. The number of hydrogen-bond donors (Lipinski definition) is 1. The van der Waals surface area contributed by atoms with Gasteiger partial charge in [0.1, 0.15) is 5.75 Å². The zero-order chi connectivity index (χ0) is 12.7. The van der Waals surface area contributed by atoms with Gasteiger partial charge in [-0.3, -0.25) is 0 Å². The van der Waals surface area contributed by atoms with E-state index in [1.165, 1.54) is 11.1 Å². The van der Waals surface area contributed by atoms with Gasteiger partial charge in [-0.2, -0.15) is 0 Å². The maximum Gasteiger partial charge on any atom is 0.118 e. The van der Waals surface area contributed by atoms with Gasteiger partial charge in [0, 0.05) is 0 Å². The molecular formula is C15H23NO. The van der Waals surface area contributed by atoms with E-state index in [0.29, 0.717) is 5.92 Å². The molecule has 0 bridgehead atoms. The molecule has 0 atom stereocenters. The molecule has 17 heavy (non-hydrogen) atoms. The van der Waals surface area contributed by atoms with Crippen molar-refractivity contribution in [3.8, 4) is 5.75 Å². The topological polar surface area (TPSA) is 35.2 Å². The first-order valence-electron chi connectivity index (χ1n) is 6.23. The lowest BCUT2D eigenvalue weighted by Crippen LogP contribution is -1.98. The van der Waals surface area contributed by atoms with Gasteiger partial charge in [-0.25, -0.2) is 0 Å². The van der Waals surface area contributed by atoms with Gasteiger partial charge in [0.15, 0.2) is 0 Å². The lowest BCUT2D eigenvalue weighted by atomic mass is 9.94. The van der Waals surface area contributed by atoms with Crippen LogP contribution in [0.15, 0.2) is 30.3 Å². The van der Waals surface area contributed by atoms with E-state index in [1.807, 2.05) is 12.1 Å². The van der Waals surface area contributed by atoms with Gasteiger partial charge in [-0.1, -0.05) is 32.1 Å². The molecule has 0 aliphatic rings. The number of benzene rings is 1. The summed E-state index contributed by atoms with van der Waals surface area (Å²) in [4.78, 5) is 0. The fourth-order valence-corrected chi connectivity index (χ4v) is 1.85. The highest BCUT2D eigenvalue weighted by Crippen LogP contribution is 2.25. The normalized spacial score (nSPS) is 11.9. The molecule has 94 valence electrons. The summed E-state index contributed by atoms with van der Waals surface area (Å²) in [7, 11) is 1.69. The van der Waals surface area contributed by atoms with Crippen LogP contribution in [0.1, 0.15) is 32.3 Å². The van der Waals surface area contributed by atoms with Crippen LogP contribution in [0.5, 0.6) is 5.75 Å². The van der Waals surface area contributed by atoms with Crippen LogP contribution in [0.2, 0.25) is 0 Å². The van der Waals surface area contributed by atoms with Crippen molar-refractivity contribution in [2.45, 2.75) is 26.7 Å². The van der Waals surface area contributed by atoms with E-state index in [2.05, 4.69) is 32.1 Å². The largest absolute Gasteiger partial charge is 0.497 e. The minimum atomic E-state index is 0.529. The van der Waals surface area contributed by atoms with Crippen molar-refractivity contribution in [3.05, 3.63) is 35.9 Å². The van der Waals surface area contributed by atoms with E-state index in [9.17, 15) is 0 Å². The van der Waals surface area contributed by atoms with Crippen LogP contribution in [0.4, 0.5) is 0 Å². The van der Waals surface area contributed by atoms with E-state index in [4.69, 9.17) is 10.5 Å². The Kier molecular flexibility index (Phi) is 5.78. The molecule has 1 aromatic carbocycles. The summed E-state index contributed by atoms with van der Waals surface area (Å²) >= 11 is 0. The van der Waals surface area contributed by atoms with E-state index in [1.54, 1.807) is 7.11 Å². The first-order chi connectivity index (χ1) is 8.19. The van der Waals surface area contributed by atoms with Crippen molar-refractivity contribution in [1.29, 1.82) is 0 Å². The molecule has 0 unspecified atom stereocenters. The standard InChI is InChI=1S/C15H23NO/c1-12(2)15(6-4-5-11-16)13-7-9-14(17-3)10-8-13/h6-10,12H,4-5,11,16H2,1-3H3/b15-6+. The van der Waals surface area contributed by atoms with Crippen LogP contribution in [0.3, 0.4) is 0 Å². The lowest BCUT2D eigenvalue weighted by molar-refractivity contribution is 0.415. The predicted octanol–water partition coefficient (Wildman–Crippen LogP) is 3.47. The Balaban J connectivity index is 2.85. The van der Waals surface area contributed by atoms with Gasteiger partial charge >= 0.3 is 0 Å². The van der Waals surface area contributed by atoms with Gasteiger partial charge in [0.2, 0.25) is 0 Å². The Bertz CT molecular complexity index is 352. The molecule has 0 aliphatic carbocycles. The molecule has 0 saturated carbocycles. The Morgan fingerprint density at radius 3 is 2.41 bits per heavy atom. The molecule has 1 rings (SSSR count). The van der Waals surface area contributed by atoms with Gasteiger partial charge in [-0.05, 0) is 48.6 Å². The average molecular weight is 233 g/mol. The van der Waals surface area contributed by atoms with Crippen molar-refractivity contribution < 1.29 is 4.74 Å². The van der Waals surface area contributed by atoms with E-state index in [-0.39, 0.29) is 0 Å². The van der Waals surface area contributed by atoms with Crippen molar-refractivity contribution in [2.75, 3.05) is 13.7 Å². The summed E-state index contributed by atoms with van der Waals surface area (Å²) in [5, 5.41) is 0. The van der Waals surface area contributed by atoms with Crippen LogP contribution in [0, 0.1) is 5.92 Å². The second-order valence-corrected chi connectivity index (χ2v) is 4.47. The lowest BCUT2D eigenvalue weighted by Gasteiger charge is -2.12.